The smallest absolute Gasteiger partial charge is 0.253 e. The maximum atomic E-state index is 13.3. The van der Waals surface area contributed by atoms with E-state index < -0.39 is 0 Å². The van der Waals surface area contributed by atoms with E-state index in [0.717, 1.165) is 20.9 Å². The first-order valence-electron chi connectivity index (χ1n) is 6.87. The fourth-order valence-corrected chi connectivity index (χ4v) is 2.78. The van der Waals surface area contributed by atoms with Crippen LogP contribution in [-0.4, -0.2) is 10.9 Å². The molecule has 0 saturated heterocycles. The molecule has 5 heteroatoms. The second-order valence-corrected chi connectivity index (χ2v) is 6.06. The lowest BCUT2D eigenvalue weighted by Crippen LogP contribution is -2.26. The summed E-state index contributed by atoms with van der Waals surface area (Å²) in [5.74, 6) is -0.504. The predicted molar refractivity (Wildman–Crippen MR) is 88.3 cm³/mol. The maximum Gasteiger partial charge on any atom is 0.253 e. The summed E-state index contributed by atoms with van der Waals surface area (Å²) in [6.07, 6.45) is 1.69. The van der Waals surface area contributed by atoms with Gasteiger partial charge in [-0.25, -0.2) is 4.39 Å². The van der Waals surface area contributed by atoms with Gasteiger partial charge in [0, 0.05) is 21.6 Å². The molecular weight excluding hydrogens is 347 g/mol. The van der Waals surface area contributed by atoms with Gasteiger partial charge in [0.1, 0.15) is 5.82 Å². The summed E-state index contributed by atoms with van der Waals surface area (Å²) in [5.41, 5.74) is 2.20. The Bertz CT molecular complexity index is 844. The standard InChI is InChI=1S/C17H14BrFN2O/c1-10(11-3-2-4-13(19)7-11)21-17(22)15-9-20-16-6-5-12(18)8-14(15)16/h2-10,20H,1H3,(H,21,22). The Morgan fingerprint density at radius 1 is 1.27 bits per heavy atom. The molecular formula is C17H14BrFN2O. The summed E-state index contributed by atoms with van der Waals surface area (Å²) in [5, 5.41) is 3.74. The highest BCUT2D eigenvalue weighted by Crippen LogP contribution is 2.23. The molecule has 3 aromatic rings. The molecule has 0 aliphatic rings. The van der Waals surface area contributed by atoms with Gasteiger partial charge in [-0.15, -0.1) is 0 Å². The summed E-state index contributed by atoms with van der Waals surface area (Å²) in [6.45, 7) is 1.83. The average molecular weight is 361 g/mol. The highest BCUT2D eigenvalue weighted by Gasteiger charge is 2.15. The van der Waals surface area contributed by atoms with Crippen LogP contribution in [0.3, 0.4) is 0 Å². The monoisotopic (exact) mass is 360 g/mol. The van der Waals surface area contributed by atoms with E-state index in [4.69, 9.17) is 0 Å². The first-order valence-corrected chi connectivity index (χ1v) is 7.67. The molecule has 2 N–H and O–H groups in total. The van der Waals surface area contributed by atoms with Gasteiger partial charge in [-0.3, -0.25) is 4.79 Å². The van der Waals surface area contributed by atoms with Crippen LogP contribution in [0, 0.1) is 5.82 Å². The molecule has 1 aromatic heterocycles. The summed E-state index contributed by atoms with van der Waals surface area (Å²) in [7, 11) is 0. The molecule has 0 fully saturated rings. The van der Waals surface area contributed by atoms with E-state index in [9.17, 15) is 9.18 Å². The van der Waals surface area contributed by atoms with Crippen molar-refractivity contribution in [3.63, 3.8) is 0 Å². The van der Waals surface area contributed by atoms with E-state index in [2.05, 4.69) is 26.2 Å². The van der Waals surface area contributed by atoms with Crippen LogP contribution in [0.2, 0.25) is 0 Å². The van der Waals surface area contributed by atoms with Crippen LogP contribution in [-0.2, 0) is 0 Å². The number of halogens is 2. The van der Waals surface area contributed by atoms with Crippen LogP contribution in [0.25, 0.3) is 10.9 Å². The summed E-state index contributed by atoms with van der Waals surface area (Å²) in [4.78, 5) is 15.5. The van der Waals surface area contributed by atoms with Crippen LogP contribution >= 0.6 is 15.9 Å². The number of nitrogens with one attached hydrogen (secondary N) is 2. The normalized spacial score (nSPS) is 12.3. The van der Waals surface area contributed by atoms with E-state index in [-0.39, 0.29) is 17.8 Å². The Kier molecular flexibility index (Phi) is 3.98. The zero-order chi connectivity index (χ0) is 15.7. The molecule has 0 saturated carbocycles. The van der Waals surface area contributed by atoms with Crippen molar-refractivity contribution in [1.29, 1.82) is 0 Å². The number of aromatic nitrogens is 1. The van der Waals surface area contributed by atoms with Gasteiger partial charge < -0.3 is 10.3 Å². The number of aromatic amines is 1. The van der Waals surface area contributed by atoms with Gasteiger partial charge in [0.2, 0.25) is 0 Å². The molecule has 0 aliphatic heterocycles. The summed E-state index contributed by atoms with van der Waals surface area (Å²) < 4.78 is 14.2. The molecule has 3 nitrogen and oxygen atoms in total. The molecule has 22 heavy (non-hydrogen) atoms. The van der Waals surface area contributed by atoms with Crippen molar-refractivity contribution in [2.45, 2.75) is 13.0 Å². The van der Waals surface area contributed by atoms with E-state index in [1.54, 1.807) is 18.3 Å². The number of benzene rings is 2. The van der Waals surface area contributed by atoms with Crippen LogP contribution in [0.15, 0.2) is 53.1 Å². The molecule has 0 bridgehead atoms. The lowest BCUT2D eigenvalue weighted by Gasteiger charge is -2.14. The zero-order valence-corrected chi connectivity index (χ0v) is 13.4. The molecule has 3 rings (SSSR count). The zero-order valence-electron chi connectivity index (χ0n) is 11.9. The Morgan fingerprint density at radius 3 is 2.86 bits per heavy atom. The molecule has 112 valence electrons. The van der Waals surface area contributed by atoms with E-state index in [1.165, 1.54) is 12.1 Å². The van der Waals surface area contributed by atoms with Crippen molar-refractivity contribution >= 4 is 32.7 Å². The van der Waals surface area contributed by atoms with E-state index in [1.807, 2.05) is 25.1 Å². The van der Waals surface area contributed by atoms with Gasteiger partial charge in [-0.1, -0.05) is 28.1 Å². The predicted octanol–water partition coefficient (Wildman–Crippen LogP) is 4.56. The number of hydrogen-bond acceptors (Lipinski definition) is 1. The number of carbonyl (C=O) groups excluding carboxylic acids is 1. The molecule has 0 aliphatic carbocycles. The number of rotatable bonds is 3. The molecule has 1 heterocycles. The highest BCUT2D eigenvalue weighted by atomic mass is 79.9. The number of hydrogen-bond donors (Lipinski definition) is 2. The fraction of sp³-hybridized carbons (Fsp3) is 0.118. The number of carbonyl (C=O) groups is 1. The SMILES string of the molecule is CC(NC(=O)c1c[nH]c2ccc(Br)cc12)c1cccc(F)c1. The quantitative estimate of drug-likeness (QED) is 0.706. The van der Waals surface area contributed by atoms with Crippen molar-refractivity contribution in [2.24, 2.45) is 0 Å². The van der Waals surface area contributed by atoms with Gasteiger partial charge in [-0.05, 0) is 42.8 Å². The number of H-pyrrole nitrogens is 1. The second kappa shape index (κ2) is 5.93. The van der Waals surface area contributed by atoms with Crippen molar-refractivity contribution in [3.8, 4) is 0 Å². The average Bonchev–Trinajstić information content (AvgIpc) is 2.90. The van der Waals surface area contributed by atoms with E-state index in [0.29, 0.717) is 5.56 Å². The van der Waals surface area contributed by atoms with Crippen LogP contribution in [0.5, 0.6) is 0 Å². The Labute approximate surface area is 135 Å². The largest absolute Gasteiger partial charge is 0.360 e. The van der Waals surface area contributed by atoms with Crippen LogP contribution in [0.1, 0.15) is 28.9 Å². The first-order chi connectivity index (χ1) is 10.5. The lowest BCUT2D eigenvalue weighted by molar-refractivity contribution is 0.0941. The minimum absolute atomic E-state index is 0.193. The third-order valence-corrected chi connectivity index (χ3v) is 4.08. The van der Waals surface area contributed by atoms with E-state index >= 15 is 0 Å². The molecule has 1 atom stereocenters. The second-order valence-electron chi connectivity index (χ2n) is 5.14. The van der Waals surface area contributed by atoms with Gasteiger partial charge in [0.25, 0.3) is 5.91 Å². The van der Waals surface area contributed by atoms with Crippen LogP contribution in [0.4, 0.5) is 4.39 Å². The van der Waals surface area contributed by atoms with Crippen LogP contribution < -0.4 is 5.32 Å². The summed E-state index contributed by atoms with van der Waals surface area (Å²) >= 11 is 3.41. The van der Waals surface area contributed by atoms with Crippen molar-refractivity contribution < 1.29 is 9.18 Å². The highest BCUT2D eigenvalue weighted by molar-refractivity contribution is 9.10. The Hall–Kier alpha value is -2.14. The number of amides is 1. The Morgan fingerprint density at radius 2 is 2.09 bits per heavy atom. The Balaban J connectivity index is 1.85. The van der Waals surface area contributed by atoms with Gasteiger partial charge in [-0.2, -0.15) is 0 Å². The molecule has 0 spiro atoms. The lowest BCUT2D eigenvalue weighted by atomic mass is 10.1. The molecule has 1 amide bonds. The molecule has 1 unspecified atom stereocenters. The molecule has 0 radical (unpaired) electrons. The van der Waals surface area contributed by atoms with Crippen molar-refractivity contribution in [2.75, 3.05) is 0 Å². The first kappa shape index (κ1) is 14.8. The fourth-order valence-electron chi connectivity index (χ4n) is 2.41. The minimum atomic E-state index is -0.311. The molecule has 2 aromatic carbocycles. The number of fused-ring (bicyclic) bond motifs is 1. The van der Waals surface area contributed by atoms with Crippen molar-refractivity contribution in [1.82, 2.24) is 10.3 Å². The van der Waals surface area contributed by atoms with Gasteiger partial charge >= 0.3 is 0 Å². The topological polar surface area (TPSA) is 44.9 Å². The van der Waals surface area contributed by atoms with Crippen molar-refractivity contribution in [3.05, 3.63) is 70.1 Å². The third-order valence-electron chi connectivity index (χ3n) is 3.58. The summed E-state index contributed by atoms with van der Waals surface area (Å²) in [6, 6.07) is 11.7. The third kappa shape index (κ3) is 2.90. The van der Waals surface area contributed by atoms with Gasteiger partial charge in [0.15, 0.2) is 0 Å². The maximum absolute atomic E-state index is 13.3. The minimum Gasteiger partial charge on any atom is -0.360 e. The van der Waals surface area contributed by atoms with Gasteiger partial charge in [0.05, 0.1) is 11.6 Å².